The van der Waals surface area contributed by atoms with E-state index in [1.54, 1.807) is 0 Å². The summed E-state index contributed by atoms with van der Waals surface area (Å²) >= 11 is 2.05. The molecule has 16 heavy (non-hydrogen) atoms. The molecule has 0 heterocycles. The average molecular weight is 243 g/mol. The normalized spacial score (nSPS) is 27.9. The third-order valence-corrected chi connectivity index (χ3v) is 4.78. The van der Waals surface area contributed by atoms with Crippen molar-refractivity contribution in [2.24, 2.45) is 5.92 Å². The van der Waals surface area contributed by atoms with Gasteiger partial charge in [0.1, 0.15) is 0 Å². The molecular weight excluding hydrogens is 214 g/mol. The SMILES string of the molecule is CCCC1CCC(NC(C)CSCC)CC1. The van der Waals surface area contributed by atoms with Crippen molar-refractivity contribution in [1.29, 1.82) is 0 Å². The third kappa shape index (κ3) is 5.58. The second-order valence-corrected chi connectivity index (χ2v) is 6.55. The van der Waals surface area contributed by atoms with E-state index in [0.29, 0.717) is 6.04 Å². The quantitative estimate of drug-likeness (QED) is 0.723. The number of rotatable bonds is 7. The van der Waals surface area contributed by atoms with Gasteiger partial charge in [-0.1, -0.05) is 26.7 Å². The van der Waals surface area contributed by atoms with E-state index in [9.17, 15) is 0 Å². The summed E-state index contributed by atoms with van der Waals surface area (Å²) < 4.78 is 0. The van der Waals surface area contributed by atoms with Gasteiger partial charge in [0.2, 0.25) is 0 Å². The summed E-state index contributed by atoms with van der Waals surface area (Å²) in [5, 5.41) is 3.80. The summed E-state index contributed by atoms with van der Waals surface area (Å²) in [6, 6.07) is 1.50. The highest BCUT2D eigenvalue weighted by Gasteiger charge is 2.21. The van der Waals surface area contributed by atoms with Crippen LogP contribution >= 0.6 is 11.8 Å². The molecule has 1 aliphatic rings. The van der Waals surface area contributed by atoms with Gasteiger partial charge >= 0.3 is 0 Å². The fraction of sp³-hybridized carbons (Fsp3) is 1.00. The molecular formula is C14H29NS. The van der Waals surface area contributed by atoms with E-state index in [1.165, 1.54) is 50.0 Å². The van der Waals surface area contributed by atoms with Crippen LogP contribution in [0, 0.1) is 5.92 Å². The van der Waals surface area contributed by atoms with Crippen molar-refractivity contribution < 1.29 is 0 Å². The molecule has 0 spiro atoms. The van der Waals surface area contributed by atoms with Gasteiger partial charge < -0.3 is 5.32 Å². The Bertz CT molecular complexity index is 164. The maximum Gasteiger partial charge on any atom is 0.0132 e. The van der Waals surface area contributed by atoms with Crippen molar-refractivity contribution in [3.05, 3.63) is 0 Å². The van der Waals surface area contributed by atoms with Gasteiger partial charge in [-0.2, -0.15) is 11.8 Å². The van der Waals surface area contributed by atoms with Crippen LogP contribution < -0.4 is 5.32 Å². The lowest BCUT2D eigenvalue weighted by molar-refractivity contribution is 0.270. The fourth-order valence-corrected chi connectivity index (χ4v) is 3.46. The second kappa shape index (κ2) is 8.41. The predicted octanol–water partition coefficient (Wildman–Crippen LogP) is 4.08. The van der Waals surface area contributed by atoms with Gasteiger partial charge in [-0.05, 0) is 44.3 Å². The largest absolute Gasteiger partial charge is 0.311 e. The molecule has 1 aliphatic carbocycles. The molecule has 0 bridgehead atoms. The van der Waals surface area contributed by atoms with Crippen LogP contribution in [0.15, 0.2) is 0 Å². The summed E-state index contributed by atoms with van der Waals surface area (Å²) in [5.41, 5.74) is 0. The molecule has 0 aromatic heterocycles. The first-order chi connectivity index (χ1) is 7.76. The Hall–Kier alpha value is 0.310. The monoisotopic (exact) mass is 243 g/mol. The molecule has 1 N–H and O–H groups in total. The Morgan fingerprint density at radius 3 is 2.44 bits per heavy atom. The molecule has 0 aromatic carbocycles. The minimum absolute atomic E-state index is 0.692. The van der Waals surface area contributed by atoms with Gasteiger partial charge in [-0.25, -0.2) is 0 Å². The number of hydrogen-bond acceptors (Lipinski definition) is 2. The molecule has 96 valence electrons. The molecule has 1 fully saturated rings. The number of hydrogen-bond donors (Lipinski definition) is 1. The van der Waals surface area contributed by atoms with Crippen LogP contribution in [0.1, 0.15) is 59.3 Å². The first kappa shape index (κ1) is 14.4. The van der Waals surface area contributed by atoms with Crippen molar-refractivity contribution >= 4 is 11.8 Å². The van der Waals surface area contributed by atoms with Crippen LogP contribution in [0.2, 0.25) is 0 Å². The fourth-order valence-electron chi connectivity index (χ4n) is 2.77. The van der Waals surface area contributed by atoms with Crippen LogP contribution in [-0.2, 0) is 0 Å². The van der Waals surface area contributed by atoms with Crippen molar-refractivity contribution in [2.75, 3.05) is 11.5 Å². The summed E-state index contributed by atoms with van der Waals surface area (Å²) in [5.74, 6) is 3.55. The minimum atomic E-state index is 0.692. The Morgan fingerprint density at radius 1 is 1.19 bits per heavy atom. The third-order valence-electron chi connectivity index (χ3n) is 3.64. The van der Waals surface area contributed by atoms with Crippen LogP contribution in [0.5, 0.6) is 0 Å². The smallest absolute Gasteiger partial charge is 0.0132 e. The van der Waals surface area contributed by atoms with Crippen molar-refractivity contribution in [3.8, 4) is 0 Å². The summed E-state index contributed by atoms with van der Waals surface area (Å²) in [6.07, 6.45) is 8.55. The Balaban J connectivity index is 2.11. The van der Waals surface area contributed by atoms with Crippen LogP contribution in [-0.4, -0.2) is 23.6 Å². The molecule has 1 rings (SSSR count). The summed E-state index contributed by atoms with van der Waals surface area (Å²) in [6.45, 7) is 6.89. The van der Waals surface area contributed by atoms with Crippen molar-refractivity contribution in [2.45, 2.75) is 71.4 Å². The lowest BCUT2D eigenvalue weighted by atomic mass is 9.83. The topological polar surface area (TPSA) is 12.0 Å². The van der Waals surface area contributed by atoms with Gasteiger partial charge in [0, 0.05) is 17.8 Å². The minimum Gasteiger partial charge on any atom is -0.311 e. The Labute approximate surface area is 106 Å². The standard InChI is InChI=1S/C14H29NS/c1-4-6-13-7-9-14(10-8-13)15-12(3)11-16-5-2/h12-15H,4-11H2,1-3H3. The predicted molar refractivity (Wildman–Crippen MR) is 76.3 cm³/mol. The van der Waals surface area contributed by atoms with E-state index in [1.807, 2.05) is 0 Å². The van der Waals surface area contributed by atoms with Crippen LogP contribution in [0.4, 0.5) is 0 Å². The maximum atomic E-state index is 3.80. The molecule has 1 saturated carbocycles. The first-order valence-corrected chi connectivity index (χ1v) is 8.25. The van der Waals surface area contributed by atoms with Crippen molar-refractivity contribution in [3.63, 3.8) is 0 Å². The Morgan fingerprint density at radius 2 is 1.88 bits per heavy atom. The first-order valence-electron chi connectivity index (χ1n) is 7.10. The maximum absolute atomic E-state index is 3.80. The van der Waals surface area contributed by atoms with Gasteiger partial charge in [0.25, 0.3) is 0 Å². The lowest BCUT2D eigenvalue weighted by Crippen LogP contribution is -2.40. The van der Waals surface area contributed by atoms with Gasteiger partial charge in [0.05, 0.1) is 0 Å². The molecule has 0 radical (unpaired) electrons. The summed E-state index contributed by atoms with van der Waals surface area (Å²) in [4.78, 5) is 0. The highest BCUT2D eigenvalue weighted by Crippen LogP contribution is 2.27. The molecule has 0 saturated heterocycles. The zero-order valence-electron chi connectivity index (χ0n) is 11.3. The average Bonchev–Trinajstić information content (AvgIpc) is 2.29. The molecule has 0 aromatic rings. The van der Waals surface area contributed by atoms with Crippen LogP contribution in [0.3, 0.4) is 0 Å². The van der Waals surface area contributed by atoms with E-state index >= 15 is 0 Å². The van der Waals surface area contributed by atoms with Crippen LogP contribution in [0.25, 0.3) is 0 Å². The molecule has 1 nitrogen and oxygen atoms in total. The molecule has 0 aliphatic heterocycles. The lowest BCUT2D eigenvalue weighted by Gasteiger charge is -2.31. The zero-order chi connectivity index (χ0) is 11.8. The van der Waals surface area contributed by atoms with E-state index in [4.69, 9.17) is 0 Å². The van der Waals surface area contributed by atoms with E-state index in [2.05, 4.69) is 37.8 Å². The van der Waals surface area contributed by atoms with Gasteiger partial charge in [-0.15, -0.1) is 0 Å². The molecule has 1 atom stereocenters. The summed E-state index contributed by atoms with van der Waals surface area (Å²) in [7, 11) is 0. The van der Waals surface area contributed by atoms with Crippen molar-refractivity contribution in [1.82, 2.24) is 5.32 Å². The molecule has 2 heteroatoms. The molecule has 0 amide bonds. The van der Waals surface area contributed by atoms with E-state index in [-0.39, 0.29) is 0 Å². The number of thioether (sulfide) groups is 1. The van der Waals surface area contributed by atoms with Gasteiger partial charge in [0.15, 0.2) is 0 Å². The van der Waals surface area contributed by atoms with Gasteiger partial charge in [-0.3, -0.25) is 0 Å². The highest BCUT2D eigenvalue weighted by atomic mass is 32.2. The Kier molecular flexibility index (Phi) is 7.55. The zero-order valence-corrected chi connectivity index (χ0v) is 12.1. The molecule has 1 unspecified atom stereocenters. The number of nitrogens with one attached hydrogen (secondary N) is 1. The van der Waals surface area contributed by atoms with E-state index < -0.39 is 0 Å². The van der Waals surface area contributed by atoms with E-state index in [0.717, 1.165) is 12.0 Å². The highest BCUT2D eigenvalue weighted by molar-refractivity contribution is 7.99. The second-order valence-electron chi connectivity index (χ2n) is 5.23.